The van der Waals surface area contributed by atoms with Crippen LogP contribution in [0.2, 0.25) is 5.28 Å². The van der Waals surface area contributed by atoms with Gasteiger partial charge < -0.3 is 16.0 Å². The minimum atomic E-state index is -4.44. The maximum absolute atomic E-state index is 13.1. The SMILES string of the molecule is CCN1CCC(N2C=c3c(NCCc4cc(N)cc(C(F)(F)F)c4)nc(Cl)nc3=CN2C)CC1. The highest BCUT2D eigenvalue weighted by atomic mass is 35.5. The van der Waals surface area contributed by atoms with E-state index in [4.69, 9.17) is 17.3 Å². The number of hydrogen-bond acceptors (Lipinski definition) is 7. The molecule has 0 saturated carbocycles. The van der Waals surface area contributed by atoms with Crippen molar-refractivity contribution in [2.75, 3.05) is 44.3 Å². The molecule has 2 aliphatic rings. The van der Waals surface area contributed by atoms with Gasteiger partial charge in [-0.2, -0.15) is 13.2 Å². The Morgan fingerprint density at radius 3 is 2.56 bits per heavy atom. The molecule has 1 aromatic carbocycles. The molecular formula is C23H29ClF3N7. The first-order valence-electron chi connectivity index (χ1n) is 11.3. The summed E-state index contributed by atoms with van der Waals surface area (Å²) in [6, 6.07) is 3.98. The summed E-state index contributed by atoms with van der Waals surface area (Å²) in [5.74, 6) is 0.551. The highest BCUT2D eigenvalue weighted by Crippen LogP contribution is 2.31. The number of benzene rings is 1. The van der Waals surface area contributed by atoms with Crippen LogP contribution in [0.15, 0.2) is 18.2 Å². The lowest BCUT2D eigenvalue weighted by molar-refractivity contribution is -0.137. The zero-order valence-corrected chi connectivity index (χ0v) is 20.0. The van der Waals surface area contributed by atoms with Gasteiger partial charge in [0.2, 0.25) is 5.28 Å². The number of hydrogen-bond donors (Lipinski definition) is 2. The Bertz CT molecular complexity index is 1150. The maximum Gasteiger partial charge on any atom is 0.416 e. The fraction of sp³-hybridized carbons (Fsp3) is 0.478. The first-order valence-corrected chi connectivity index (χ1v) is 11.7. The van der Waals surface area contributed by atoms with Gasteiger partial charge >= 0.3 is 6.18 Å². The van der Waals surface area contributed by atoms with Crippen molar-refractivity contribution >= 4 is 35.5 Å². The van der Waals surface area contributed by atoms with Crippen LogP contribution in [0.3, 0.4) is 0 Å². The summed E-state index contributed by atoms with van der Waals surface area (Å²) in [5.41, 5.74) is 5.52. The van der Waals surface area contributed by atoms with E-state index in [1.807, 2.05) is 24.5 Å². The van der Waals surface area contributed by atoms with Crippen molar-refractivity contribution in [1.29, 1.82) is 0 Å². The predicted molar refractivity (Wildman–Crippen MR) is 128 cm³/mol. The third-order valence-electron chi connectivity index (χ3n) is 6.31. The quantitative estimate of drug-likeness (QED) is 0.471. The van der Waals surface area contributed by atoms with Gasteiger partial charge in [0.15, 0.2) is 0 Å². The summed E-state index contributed by atoms with van der Waals surface area (Å²) in [6.07, 6.45) is 1.95. The zero-order chi connectivity index (χ0) is 24.5. The van der Waals surface area contributed by atoms with E-state index in [1.165, 1.54) is 0 Å². The summed E-state index contributed by atoms with van der Waals surface area (Å²) in [6.45, 7) is 5.69. The number of nitrogens with two attached hydrogens (primary N) is 1. The van der Waals surface area contributed by atoms with E-state index in [9.17, 15) is 13.2 Å². The van der Waals surface area contributed by atoms with Gasteiger partial charge in [-0.1, -0.05) is 6.92 Å². The second kappa shape index (κ2) is 9.87. The van der Waals surface area contributed by atoms with Crippen LogP contribution in [-0.4, -0.2) is 64.2 Å². The van der Waals surface area contributed by atoms with Gasteiger partial charge in [0.25, 0.3) is 0 Å². The number of aromatic nitrogens is 2. The molecular weight excluding hydrogens is 467 g/mol. The average Bonchev–Trinajstić information content (AvgIpc) is 2.77. The van der Waals surface area contributed by atoms with Crippen molar-refractivity contribution in [3.63, 3.8) is 0 Å². The molecule has 1 aromatic heterocycles. The normalized spacial score (nSPS) is 17.2. The molecule has 11 heteroatoms. The molecule has 4 rings (SSSR count). The van der Waals surface area contributed by atoms with Crippen molar-refractivity contribution < 1.29 is 13.2 Å². The third kappa shape index (κ3) is 5.50. The average molecular weight is 496 g/mol. The van der Waals surface area contributed by atoms with Gasteiger partial charge in [-0.15, -0.1) is 0 Å². The number of anilines is 2. The zero-order valence-electron chi connectivity index (χ0n) is 19.2. The van der Waals surface area contributed by atoms with Crippen molar-refractivity contribution in [2.24, 2.45) is 0 Å². The van der Waals surface area contributed by atoms with E-state index in [0.717, 1.165) is 49.8 Å². The monoisotopic (exact) mass is 495 g/mol. The Labute approximate surface area is 201 Å². The lowest BCUT2D eigenvalue weighted by atomic mass is 10.0. The smallest absolute Gasteiger partial charge is 0.399 e. The van der Waals surface area contributed by atoms with Gasteiger partial charge in [-0.25, -0.2) is 9.97 Å². The number of hydrazine groups is 1. The molecule has 0 amide bonds. The fourth-order valence-electron chi connectivity index (χ4n) is 4.50. The molecule has 2 aromatic rings. The molecule has 0 radical (unpaired) electrons. The fourth-order valence-corrected chi connectivity index (χ4v) is 4.68. The summed E-state index contributed by atoms with van der Waals surface area (Å²) >= 11 is 6.16. The van der Waals surface area contributed by atoms with Gasteiger partial charge in [0, 0.05) is 44.8 Å². The first kappa shape index (κ1) is 24.4. The van der Waals surface area contributed by atoms with Crippen LogP contribution in [0, 0.1) is 0 Å². The molecule has 0 aliphatic carbocycles. The Kier molecular flexibility index (Phi) is 7.09. The number of rotatable bonds is 6. The number of halogens is 4. The summed E-state index contributed by atoms with van der Waals surface area (Å²) < 4.78 is 39.3. The second-order valence-electron chi connectivity index (χ2n) is 8.66. The van der Waals surface area contributed by atoms with Crippen LogP contribution >= 0.6 is 11.6 Å². The largest absolute Gasteiger partial charge is 0.416 e. The van der Waals surface area contributed by atoms with Gasteiger partial charge in [-0.05, 0) is 61.2 Å². The van der Waals surface area contributed by atoms with Crippen LogP contribution in [0.1, 0.15) is 30.9 Å². The van der Waals surface area contributed by atoms with E-state index in [-0.39, 0.29) is 11.0 Å². The number of piperidine rings is 1. The summed E-state index contributed by atoms with van der Waals surface area (Å²) in [4.78, 5) is 11.2. The number of nitrogens with zero attached hydrogens (tertiary/aromatic N) is 5. The molecule has 184 valence electrons. The molecule has 0 atom stereocenters. The Balaban J connectivity index is 1.54. The highest BCUT2D eigenvalue weighted by Gasteiger charge is 2.31. The maximum atomic E-state index is 13.1. The lowest BCUT2D eigenvalue weighted by Gasteiger charge is -2.42. The second-order valence-corrected chi connectivity index (χ2v) is 8.99. The number of likely N-dealkylation sites (tertiary alicyclic amines) is 1. The van der Waals surface area contributed by atoms with E-state index in [1.54, 1.807) is 6.07 Å². The predicted octanol–water partition coefficient (Wildman–Crippen LogP) is 2.51. The van der Waals surface area contributed by atoms with Crippen LogP contribution in [0.25, 0.3) is 12.4 Å². The molecule has 7 nitrogen and oxygen atoms in total. The minimum absolute atomic E-state index is 0.0861. The Morgan fingerprint density at radius 2 is 1.88 bits per heavy atom. The first-order chi connectivity index (χ1) is 16.1. The van der Waals surface area contributed by atoms with Crippen LogP contribution in [0.5, 0.6) is 0 Å². The summed E-state index contributed by atoms with van der Waals surface area (Å²) in [7, 11) is 1.98. The molecule has 0 spiro atoms. The number of alkyl halides is 3. The van der Waals surface area contributed by atoms with Gasteiger partial charge in [0.1, 0.15) is 5.82 Å². The molecule has 2 aliphatic heterocycles. The van der Waals surface area contributed by atoms with Gasteiger partial charge in [0.05, 0.1) is 22.2 Å². The van der Waals surface area contributed by atoms with Crippen LogP contribution in [-0.2, 0) is 12.6 Å². The van der Waals surface area contributed by atoms with E-state index < -0.39 is 11.7 Å². The number of fused-ring (bicyclic) bond motifs is 1. The summed E-state index contributed by atoms with van der Waals surface area (Å²) in [5, 5.41) is 9.06. The Morgan fingerprint density at radius 1 is 1.15 bits per heavy atom. The molecule has 0 unspecified atom stereocenters. The van der Waals surface area contributed by atoms with Crippen molar-refractivity contribution in [3.05, 3.63) is 45.2 Å². The van der Waals surface area contributed by atoms with Crippen molar-refractivity contribution in [2.45, 2.75) is 38.4 Å². The number of nitrogen functional groups attached to an aromatic ring is 1. The number of nitrogens with one attached hydrogen (secondary N) is 1. The molecule has 1 fully saturated rings. The Hall–Kier alpha value is -2.72. The molecule has 1 saturated heterocycles. The molecule has 0 bridgehead atoms. The van der Waals surface area contributed by atoms with E-state index in [0.29, 0.717) is 35.7 Å². The lowest BCUT2D eigenvalue weighted by Crippen LogP contribution is -2.52. The van der Waals surface area contributed by atoms with Crippen molar-refractivity contribution in [3.8, 4) is 0 Å². The van der Waals surface area contributed by atoms with Crippen LogP contribution < -0.4 is 21.6 Å². The molecule has 3 N–H and O–H groups in total. The molecule has 3 heterocycles. The standard InChI is InChI=1S/C23H29ClF3N7/c1-3-33-8-5-18(6-9-33)34-13-19-20(14-32(34)2)30-22(24)31-21(19)29-7-4-15-10-16(23(25,26)27)12-17(28)11-15/h10-14,18H,3-9,28H2,1-2H3,(H,29,30,31). The minimum Gasteiger partial charge on any atom is -0.399 e. The third-order valence-corrected chi connectivity index (χ3v) is 6.48. The topological polar surface area (TPSA) is 73.5 Å². The highest BCUT2D eigenvalue weighted by molar-refractivity contribution is 6.28. The molecule has 34 heavy (non-hydrogen) atoms. The van der Waals surface area contributed by atoms with Crippen LogP contribution in [0.4, 0.5) is 24.7 Å². The van der Waals surface area contributed by atoms with Gasteiger partial charge in [-0.3, -0.25) is 10.0 Å². The van der Waals surface area contributed by atoms with Crippen molar-refractivity contribution in [1.82, 2.24) is 24.9 Å². The van der Waals surface area contributed by atoms with E-state index in [2.05, 4.69) is 32.1 Å². The van der Waals surface area contributed by atoms with E-state index >= 15 is 0 Å².